The van der Waals surface area contributed by atoms with Crippen LogP contribution in [0.15, 0.2) is 24.3 Å². The summed E-state index contributed by atoms with van der Waals surface area (Å²) in [6, 6.07) is 6.57. The van der Waals surface area contributed by atoms with Gasteiger partial charge in [-0.2, -0.15) is 0 Å². The number of benzene rings is 1. The van der Waals surface area contributed by atoms with Gasteiger partial charge < -0.3 is 5.73 Å². The van der Waals surface area contributed by atoms with Gasteiger partial charge >= 0.3 is 0 Å². The summed E-state index contributed by atoms with van der Waals surface area (Å²) in [4.78, 5) is 2.43. The van der Waals surface area contributed by atoms with Crippen LogP contribution in [-0.4, -0.2) is 23.5 Å². The zero-order chi connectivity index (χ0) is 13.9. The number of halogens is 1. The summed E-state index contributed by atoms with van der Waals surface area (Å²) < 4.78 is 13.9. The van der Waals surface area contributed by atoms with E-state index >= 15 is 0 Å². The minimum Gasteiger partial charge on any atom is -0.322 e. The molecule has 2 rings (SSSR count). The van der Waals surface area contributed by atoms with Gasteiger partial charge in [0.2, 0.25) is 0 Å². The summed E-state index contributed by atoms with van der Waals surface area (Å²) in [6.45, 7) is 6.40. The average molecular weight is 264 g/mol. The topological polar surface area (TPSA) is 29.3 Å². The second-order valence-corrected chi connectivity index (χ2v) is 6.05. The third-order valence-electron chi connectivity index (χ3n) is 4.42. The Kier molecular flexibility index (Phi) is 4.58. The average Bonchev–Trinajstić information content (AvgIpc) is 2.67. The van der Waals surface area contributed by atoms with Gasteiger partial charge in [-0.05, 0) is 45.8 Å². The molecular weight excluding hydrogens is 239 g/mol. The number of hydrogen-bond acceptors (Lipinski definition) is 2. The van der Waals surface area contributed by atoms with Crippen LogP contribution < -0.4 is 5.73 Å². The number of nitrogens with two attached hydrogens (primary N) is 1. The highest BCUT2D eigenvalue weighted by molar-refractivity contribution is 5.24. The van der Waals surface area contributed by atoms with Crippen LogP contribution in [0.1, 0.15) is 51.1 Å². The highest BCUT2D eigenvalue weighted by Crippen LogP contribution is 2.32. The van der Waals surface area contributed by atoms with Gasteiger partial charge in [0.1, 0.15) is 5.82 Å². The fraction of sp³-hybridized carbons (Fsp3) is 0.625. The molecule has 1 aliphatic heterocycles. The molecule has 0 aromatic heterocycles. The van der Waals surface area contributed by atoms with Gasteiger partial charge in [0.05, 0.1) is 6.04 Å². The van der Waals surface area contributed by atoms with E-state index in [2.05, 4.69) is 18.7 Å². The molecule has 0 amide bonds. The normalized spacial score (nSPS) is 20.0. The van der Waals surface area contributed by atoms with Gasteiger partial charge in [-0.1, -0.05) is 31.0 Å². The molecule has 0 radical (unpaired) electrons. The molecule has 0 saturated carbocycles. The Morgan fingerprint density at radius 3 is 2.26 bits per heavy atom. The molecule has 1 heterocycles. The SMILES string of the molecule is CC(C)(C(N)c1ccccc1F)N1CCCCCC1. The van der Waals surface area contributed by atoms with Crippen LogP contribution in [0.4, 0.5) is 4.39 Å². The molecule has 19 heavy (non-hydrogen) atoms. The van der Waals surface area contributed by atoms with Crippen molar-refractivity contribution >= 4 is 0 Å². The van der Waals surface area contributed by atoms with Crippen molar-refractivity contribution in [3.8, 4) is 0 Å². The molecule has 2 nitrogen and oxygen atoms in total. The van der Waals surface area contributed by atoms with Crippen molar-refractivity contribution in [3.63, 3.8) is 0 Å². The van der Waals surface area contributed by atoms with Crippen molar-refractivity contribution in [2.45, 2.75) is 51.1 Å². The lowest BCUT2D eigenvalue weighted by molar-refractivity contribution is 0.0967. The van der Waals surface area contributed by atoms with Crippen molar-refractivity contribution in [2.24, 2.45) is 5.73 Å². The molecule has 1 aliphatic rings. The number of rotatable bonds is 3. The summed E-state index contributed by atoms with van der Waals surface area (Å²) in [6.07, 6.45) is 5.02. The monoisotopic (exact) mass is 264 g/mol. The zero-order valence-electron chi connectivity index (χ0n) is 12.0. The number of hydrogen-bond donors (Lipinski definition) is 1. The van der Waals surface area contributed by atoms with E-state index in [1.54, 1.807) is 12.1 Å². The maximum absolute atomic E-state index is 13.9. The molecule has 0 aliphatic carbocycles. The molecule has 1 saturated heterocycles. The van der Waals surface area contributed by atoms with E-state index in [1.165, 1.54) is 31.7 Å². The lowest BCUT2D eigenvalue weighted by atomic mass is 9.87. The van der Waals surface area contributed by atoms with Gasteiger partial charge in [0, 0.05) is 11.1 Å². The van der Waals surface area contributed by atoms with E-state index in [9.17, 15) is 4.39 Å². The largest absolute Gasteiger partial charge is 0.322 e. The minimum atomic E-state index is -0.299. The van der Waals surface area contributed by atoms with Crippen molar-refractivity contribution in [1.82, 2.24) is 4.90 Å². The Morgan fingerprint density at radius 2 is 1.68 bits per heavy atom. The van der Waals surface area contributed by atoms with Crippen molar-refractivity contribution in [2.75, 3.05) is 13.1 Å². The molecule has 1 atom stereocenters. The van der Waals surface area contributed by atoms with Crippen molar-refractivity contribution in [1.29, 1.82) is 0 Å². The summed E-state index contributed by atoms with van der Waals surface area (Å²) in [5, 5.41) is 0. The molecule has 1 aromatic rings. The summed E-state index contributed by atoms with van der Waals surface area (Å²) in [5.41, 5.74) is 6.78. The van der Waals surface area contributed by atoms with Gasteiger partial charge in [0.25, 0.3) is 0 Å². The second-order valence-electron chi connectivity index (χ2n) is 6.05. The molecule has 2 N–H and O–H groups in total. The van der Waals surface area contributed by atoms with Crippen LogP contribution in [0.25, 0.3) is 0 Å². The van der Waals surface area contributed by atoms with Crippen LogP contribution in [0.2, 0.25) is 0 Å². The maximum atomic E-state index is 13.9. The highest BCUT2D eigenvalue weighted by Gasteiger charge is 2.35. The first-order valence-electron chi connectivity index (χ1n) is 7.28. The van der Waals surface area contributed by atoms with Gasteiger partial charge in [-0.3, -0.25) is 4.90 Å². The smallest absolute Gasteiger partial charge is 0.128 e. The molecule has 1 aromatic carbocycles. The van der Waals surface area contributed by atoms with Crippen molar-refractivity contribution < 1.29 is 4.39 Å². The lowest BCUT2D eigenvalue weighted by Crippen LogP contribution is -2.51. The third-order valence-corrected chi connectivity index (χ3v) is 4.42. The second kappa shape index (κ2) is 6.02. The first-order valence-corrected chi connectivity index (χ1v) is 7.28. The van der Waals surface area contributed by atoms with E-state index in [0.29, 0.717) is 5.56 Å². The molecule has 1 fully saturated rings. The minimum absolute atomic E-state index is 0.196. The van der Waals surface area contributed by atoms with E-state index in [1.807, 2.05) is 6.07 Å². The van der Waals surface area contributed by atoms with Crippen LogP contribution in [0.3, 0.4) is 0 Å². The van der Waals surface area contributed by atoms with Gasteiger partial charge in [-0.15, -0.1) is 0 Å². The molecule has 0 bridgehead atoms. The maximum Gasteiger partial charge on any atom is 0.128 e. The van der Waals surface area contributed by atoms with E-state index < -0.39 is 0 Å². The highest BCUT2D eigenvalue weighted by atomic mass is 19.1. The summed E-state index contributed by atoms with van der Waals surface area (Å²) in [7, 11) is 0. The standard InChI is InChI=1S/C16H25FN2/c1-16(2,19-11-7-3-4-8-12-19)15(18)13-9-5-6-10-14(13)17/h5-6,9-10,15H,3-4,7-8,11-12,18H2,1-2H3. The van der Waals surface area contributed by atoms with Crippen molar-refractivity contribution in [3.05, 3.63) is 35.6 Å². The van der Waals surface area contributed by atoms with Crippen LogP contribution >= 0.6 is 0 Å². The first kappa shape index (κ1) is 14.5. The Hall–Kier alpha value is -0.930. The fourth-order valence-electron chi connectivity index (χ4n) is 2.95. The van der Waals surface area contributed by atoms with Crippen LogP contribution in [0.5, 0.6) is 0 Å². The van der Waals surface area contributed by atoms with E-state index in [-0.39, 0.29) is 17.4 Å². The third kappa shape index (κ3) is 3.15. The molecule has 0 spiro atoms. The number of likely N-dealkylation sites (tertiary alicyclic amines) is 1. The predicted molar refractivity (Wildman–Crippen MR) is 77.4 cm³/mol. The molecule has 3 heteroatoms. The van der Waals surface area contributed by atoms with Crippen LogP contribution in [0, 0.1) is 5.82 Å². The lowest BCUT2D eigenvalue weighted by Gasteiger charge is -2.42. The summed E-state index contributed by atoms with van der Waals surface area (Å²) >= 11 is 0. The van der Waals surface area contributed by atoms with Gasteiger partial charge in [-0.25, -0.2) is 4.39 Å². The van der Waals surface area contributed by atoms with Gasteiger partial charge in [0.15, 0.2) is 0 Å². The predicted octanol–water partition coefficient (Wildman–Crippen LogP) is 3.48. The number of nitrogens with zero attached hydrogens (tertiary/aromatic N) is 1. The molecule has 106 valence electrons. The Labute approximate surface area is 115 Å². The Bertz CT molecular complexity index is 409. The zero-order valence-corrected chi connectivity index (χ0v) is 12.0. The molecule has 1 unspecified atom stereocenters. The quantitative estimate of drug-likeness (QED) is 0.905. The Balaban J connectivity index is 2.20. The van der Waals surface area contributed by atoms with E-state index in [0.717, 1.165) is 13.1 Å². The fourth-order valence-corrected chi connectivity index (χ4v) is 2.95. The van der Waals surface area contributed by atoms with E-state index in [4.69, 9.17) is 5.73 Å². The summed E-state index contributed by atoms with van der Waals surface area (Å²) in [5.74, 6) is -0.196. The molecular formula is C16H25FN2. The Morgan fingerprint density at radius 1 is 1.11 bits per heavy atom. The van der Waals surface area contributed by atoms with Crippen LogP contribution in [-0.2, 0) is 0 Å². The first-order chi connectivity index (χ1) is 9.03.